The van der Waals surface area contributed by atoms with Gasteiger partial charge in [0.1, 0.15) is 5.75 Å². The second-order valence-corrected chi connectivity index (χ2v) is 4.15. The van der Waals surface area contributed by atoms with Crippen LogP contribution in [0.5, 0.6) is 5.75 Å². The molecule has 4 nitrogen and oxygen atoms in total. The molecule has 0 fully saturated rings. The third-order valence-electron chi connectivity index (χ3n) is 2.59. The number of ether oxygens (including phenoxy) is 1. The molecule has 0 saturated carbocycles. The molecular formula is C13H11F3N2O2. The van der Waals surface area contributed by atoms with Crippen molar-refractivity contribution in [1.29, 1.82) is 0 Å². The van der Waals surface area contributed by atoms with Crippen molar-refractivity contribution in [2.24, 2.45) is 7.05 Å². The van der Waals surface area contributed by atoms with Crippen molar-refractivity contribution in [3.63, 3.8) is 0 Å². The highest BCUT2D eigenvalue weighted by Gasteiger charge is 2.30. The van der Waals surface area contributed by atoms with Crippen LogP contribution in [0.2, 0.25) is 0 Å². The lowest BCUT2D eigenvalue weighted by Gasteiger charge is -2.09. The SMILES string of the molecule is Cn1ccnc1C(=O)Cc1ccc(OC(F)(F)F)cc1. The van der Waals surface area contributed by atoms with Crippen LogP contribution < -0.4 is 4.74 Å². The Balaban J connectivity index is 2.04. The smallest absolute Gasteiger partial charge is 0.406 e. The molecule has 0 amide bonds. The second kappa shape index (κ2) is 5.36. The molecule has 2 rings (SSSR count). The molecule has 0 N–H and O–H groups in total. The van der Waals surface area contributed by atoms with Crippen LogP contribution in [0.3, 0.4) is 0 Å². The van der Waals surface area contributed by atoms with E-state index in [0.717, 1.165) is 0 Å². The Morgan fingerprint density at radius 3 is 2.45 bits per heavy atom. The number of aromatic nitrogens is 2. The number of imidazole rings is 1. The zero-order valence-electron chi connectivity index (χ0n) is 10.5. The van der Waals surface area contributed by atoms with Crippen LogP contribution in [0.15, 0.2) is 36.7 Å². The quantitative estimate of drug-likeness (QED) is 0.811. The number of hydrogen-bond acceptors (Lipinski definition) is 3. The van der Waals surface area contributed by atoms with E-state index in [1.165, 1.54) is 30.5 Å². The zero-order valence-corrected chi connectivity index (χ0v) is 10.5. The molecule has 20 heavy (non-hydrogen) atoms. The number of nitrogens with zero attached hydrogens (tertiary/aromatic N) is 2. The number of alkyl halides is 3. The molecule has 0 unspecified atom stereocenters. The number of rotatable bonds is 4. The molecule has 0 atom stereocenters. The van der Waals surface area contributed by atoms with Crippen LogP contribution in [0.25, 0.3) is 0 Å². The van der Waals surface area contributed by atoms with Crippen molar-refractivity contribution in [3.05, 3.63) is 48.0 Å². The summed E-state index contributed by atoms with van der Waals surface area (Å²) in [6.45, 7) is 0. The molecule has 0 aliphatic carbocycles. The average molecular weight is 284 g/mol. The number of halogens is 3. The summed E-state index contributed by atoms with van der Waals surface area (Å²) in [4.78, 5) is 15.8. The van der Waals surface area contributed by atoms with E-state index < -0.39 is 6.36 Å². The third kappa shape index (κ3) is 3.59. The maximum absolute atomic E-state index is 12.0. The van der Waals surface area contributed by atoms with Crippen LogP contribution >= 0.6 is 0 Å². The van der Waals surface area contributed by atoms with Crippen LogP contribution in [-0.2, 0) is 13.5 Å². The highest BCUT2D eigenvalue weighted by atomic mass is 19.4. The largest absolute Gasteiger partial charge is 0.573 e. The highest BCUT2D eigenvalue weighted by Crippen LogP contribution is 2.23. The monoisotopic (exact) mass is 284 g/mol. The fourth-order valence-corrected chi connectivity index (χ4v) is 1.71. The van der Waals surface area contributed by atoms with E-state index in [0.29, 0.717) is 11.4 Å². The summed E-state index contributed by atoms with van der Waals surface area (Å²) < 4.78 is 41.3. The number of Topliss-reactive ketones (excluding diaryl/α,β-unsaturated/α-hetero) is 1. The number of carbonyl (C=O) groups is 1. The first-order chi connectivity index (χ1) is 9.35. The topological polar surface area (TPSA) is 44.1 Å². The maximum atomic E-state index is 12.0. The van der Waals surface area contributed by atoms with Gasteiger partial charge in [-0.25, -0.2) is 4.98 Å². The molecule has 0 radical (unpaired) electrons. The molecule has 0 saturated heterocycles. The lowest BCUT2D eigenvalue weighted by atomic mass is 10.1. The minimum Gasteiger partial charge on any atom is -0.406 e. The third-order valence-corrected chi connectivity index (χ3v) is 2.59. The second-order valence-electron chi connectivity index (χ2n) is 4.15. The van der Waals surface area contributed by atoms with E-state index in [2.05, 4.69) is 9.72 Å². The zero-order chi connectivity index (χ0) is 14.8. The van der Waals surface area contributed by atoms with Crippen LogP contribution in [0, 0.1) is 0 Å². The van der Waals surface area contributed by atoms with Crippen molar-refractivity contribution >= 4 is 5.78 Å². The van der Waals surface area contributed by atoms with Gasteiger partial charge in [-0.05, 0) is 17.7 Å². The normalized spacial score (nSPS) is 11.4. The van der Waals surface area contributed by atoms with E-state index in [1.807, 2.05) is 0 Å². The fourth-order valence-electron chi connectivity index (χ4n) is 1.71. The Morgan fingerprint density at radius 2 is 1.95 bits per heavy atom. The van der Waals surface area contributed by atoms with Gasteiger partial charge < -0.3 is 9.30 Å². The van der Waals surface area contributed by atoms with Crippen molar-refractivity contribution in [2.75, 3.05) is 0 Å². The molecule has 1 aromatic heterocycles. The van der Waals surface area contributed by atoms with Gasteiger partial charge in [0.25, 0.3) is 0 Å². The van der Waals surface area contributed by atoms with Gasteiger partial charge in [-0.2, -0.15) is 0 Å². The maximum Gasteiger partial charge on any atom is 0.573 e. The summed E-state index contributed by atoms with van der Waals surface area (Å²) >= 11 is 0. The molecule has 106 valence electrons. The Hall–Kier alpha value is -2.31. The van der Waals surface area contributed by atoms with E-state index in [-0.39, 0.29) is 18.0 Å². The van der Waals surface area contributed by atoms with Gasteiger partial charge in [0.05, 0.1) is 0 Å². The molecule has 1 aromatic carbocycles. The molecule has 0 spiro atoms. The number of ketones is 1. The van der Waals surface area contributed by atoms with Crippen molar-refractivity contribution in [1.82, 2.24) is 9.55 Å². The molecule has 0 aliphatic rings. The van der Waals surface area contributed by atoms with Gasteiger partial charge in [0.15, 0.2) is 5.82 Å². The summed E-state index contributed by atoms with van der Waals surface area (Å²) in [7, 11) is 1.69. The van der Waals surface area contributed by atoms with E-state index >= 15 is 0 Å². The average Bonchev–Trinajstić information content (AvgIpc) is 2.76. The summed E-state index contributed by atoms with van der Waals surface area (Å²) in [6.07, 6.45) is -1.50. The van der Waals surface area contributed by atoms with Crippen LogP contribution in [0.1, 0.15) is 16.2 Å². The standard InChI is InChI=1S/C13H11F3N2O2/c1-18-7-6-17-12(18)11(19)8-9-2-4-10(5-3-9)20-13(14,15)16/h2-7H,8H2,1H3. The summed E-state index contributed by atoms with van der Waals surface area (Å²) in [5.74, 6) is -0.215. The van der Waals surface area contributed by atoms with Gasteiger partial charge in [-0.15, -0.1) is 13.2 Å². The molecule has 1 heterocycles. The van der Waals surface area contributed by atoms with Gasteiger partial charge >= 0.3 is 6.36 Å². The first kappa shape index (κ1) is 14.1. The predicted octanol–water partition coefficient (Wildman–Crippen LogP) is 2.74. The number of hydrogen-bond donors (Lipinski definition) is 0. The van der Waals surface area contributed by atoms with Gasteiger partial charge in [0.2, 0.25) is 5.78 Å². The molecular weight excluding hydrogens is 273 g/mol. The summed E-state index contributed by atoms with van der Waals surface area (Å²) in [6, 6.07) is 5.19. The van der Waals surface area contributed by atoms with Gasteiger partial charge in [-0.1, -0.05) is 12.1 Å². The number of benzene rings is 1. The Kier molecular flexibility index (Phi) is 3.78. The Morgan fingerprint density at radius 1 is 1.30 bits per heavy atom. The van der Waals surface area contributed by atoms with E-state index in [1.54, 1.807) is 17.8 Å². The fraction of sp³-hybridized carbons (Fsp3) is 0.231. The number of aryl methyl sites for hydroxylation is 1. The highest BCUT2D eigenvalue weighted by molar-refractivity contribution is 5.94. The molecule has 2 aromatic rings. The van der Waals surface area contributed by atoms with E-state index in [4.69, 9.17) is 0 Å². The molecule has 0 bridgehead atoms. The van der Waals surface area contributed by atoms with Gasteiger partial charge in [-0.3, -0.25) is 4.79 Å². The van der Waals surface area contributed by atoms with Gasteiger partial charge in [0, 0.05) is 25.9 Å². The van der Waals surface area contributed by atoms with Crippen LogP contribution in [0.4, 0.5) is 13.2 Å². The van der Waals surface area contributed by atoms with Crippen molar-refractivity contribution < 1.29 is 22.7 Å². The molecule has 7 heteroatoms. The Labute approximate surface area is 112 Å². The lowest BCUT2D eigenvalue weighted by molar-refractivity contribution is -0.274. The van der Waals surface area contributed by atoms with Crippen molar-refractivity contribution in [2.45, 2.75) is 12.8 Å². The first-order valence-corrected chi connectivity index (χ1v) is 5.70. The van der Waals surface area contributed by atoms with Crippen molar-refractivity contribution in [3.8, 4) is 5.75 Å². The van der Waals surface area contributed by atoms with E-state index in [9.17, 15) is 18.0 Å². The predicted molar refractivity (Wildman–Crippen MR) is 64.4 cm³/mol. The van der Waals surface area contributed by atoms with Crippen LogP contribution in [-0.4, -0.2) is 21.7 Å². The molecule has 0 aliphatic heterocycles. The summed E-state index contributed by atoms with van der Waals surface area (Å²) in [5.41, 5.74) is 0.590. The Bertz CT molecular complexity index is 603. The summed E-state index contributed by atoms with van der Waals surface area (Å²) in [5, 5.41) is 0. The first-order valence-electron chi connectivity index (χ1n) is 5.70. The minimum atomic E-state index is -4.72. The lowest BCUT2D eigenvalue weighted by Crippen LogP contribution is -2.17. The minimum absolute atomic E-state index is 0.0666. The number of carbonyl (C=O) groups excluding carboxylic acids is 1.